The molecule has 0 aliphatic heterocycles. The van der Waals surface area contributed by atoms with Gasteiger partial charge in [0, 0.05) is 40.6 Å². The molecule has 3 aromatic heterocycles. The molecule has 0 bridgehead atoms. The number of rotatable bonds is 7. The number of fused-ring (bicyclic) bond motifs is 1. The summed E-state index contributed by atoms with van der Waals surface area (Å²) < 4.78 is 3.36. The summed E-state index contributed by atoms with van der Waals surface area (Å²) in [5.74, 6) is 1.07. The number of phenolic OH excluding ortho intramolecular Hbond substituents is 1. The van der Waals surface area contributed by atoms with Crippen molar-refractivity contribution in [2.24, 2.45) is 0 Å². The number of nitrogens with one attached hydrogen (secondary N) is 1. The zero-order valence-corrected chi connectivity index (χ0v) is 18.6. The minimum absolute atomic E-state index is 0.239. The summed E-state index contributed by atoms with van der Waals surface area (Å²) >= 11 is 1.80. The average Bonchev–Trinajstić information content (AvgIpc) is 3.45. The second-order valence-electron chi connectivity index (χ2n) is 7.81. The molecule has 5 aromatic rings. The maximum atomic E-state index is 9.98. The molecule has 2 aromatic carbocycles. The van der Waals surface area contributed by atoms with Gasteiger partial charge in [0.2, 0.25) is 0 Å². The Balaban J connectivity index is 1.49. The Hall–Kier alpha value is -3.64. The van der Waals surface area contributed by atoms with Gasteiger partial charge in [0.25, 0.3) is 0 Å². The first-order valence-electron chi connectivity index (χ1n) is 10.7. The number of phenols is 1. The van der Waals surface area contributed by atoms with E-state index in [0.717, 1.165) is 42.1 Å². The number of imidazole rings is 1. The van der Waals surface area contributed by atoms with E-state index >= 15 is 0 Å². The monoisotopic (exact) mass is 440 g/mol. The van der Waals surface area contributed by atoms with Gasteiger partial charge in [0.15, 0.2) is 0 Å². The molecule has 0 saturated heterocycles. The number of hydrogen-bond acceptors (Lipinski definition) is 5. The quantitative estimate of drug-likeness (QED) is 0.290. The highest BCUT2D eigenvalue weighted by molar-refractivity contribution is 7.22. The topological polar surface area (TPSA) is 63.0 Å². The van der Waals surface area contributed by atoms with E-state index in [0.29, 0.717) is 0 Å². The first kappa shape index (κ1) is 20.3. The van der Waals surface area contributed by atoms with E-state index < -0.39 is 0 Å². The standard InChI is InChI=1S/C26H24N4OS/c1-18-22-8-2-3-9-24(22)32-26(18)20-15-23(19-6-4-7-21(31)14-19)29-25(16-20)28-10-5-12-30-13-11-27-17-30/h2-4,6-9,11,13-17,31H,5,10,12H2,1H3,(H,28,29). The Labute approximate surface area is 191 Å². The van der Waals surface area contributed by atoms with Gasteiger partial charge in [-0.25, -0.2) is 9.97 Å². The Morgan fingerprint density at radius 3 is 2.75 bits per heavy atom. The van der Waals surface area contributed by atoms with Crippen LogP contribution >= 0.6 is 11.3 Å². The van der Waals surface area contributed by atoms with E-state index in [2.05, 4.69) is 58.2 Å². The van der Waals surface area contributed by atoms with Gasteiger partial charge in [-0.2, -0.15) is 0 Å². The summed E-state index contributed by atoms with van der Waals surface area (Å²) in [5, 5.41) is 14.8. The molecule has 0 radical (unpaired) electrons. The van der Waals surface area contributed by atoms with Crippen molar-refractivity contribution in [3.63, 3.8) is 0 Å². The number of nitrogens with zero attached hydrogens (tertiary/aromatic N) is 3. The van der Waals surface area contributed by atoms with Crippen LogP contribution in [0.3, 0.4) is 0 Å². The predicted molar refractivity (Wildman–Crippen MR) is 132 cm³/mol. The Bertz CT molecular complexity index is 1360. The summed E-state index contributed by atoms with van der Waals surface area (Å²) in [4.78, 5) is 10.2. The second-order valence-corrected chi connectivity index (χ2v) is 8.86. The highest BCUT2D eigenvalue weighted by Gasteiger charge is 2.13. The zero-order valence-electron chi connectivity index (χ0n) is 17.8. The smallest absolute Gasteiger partial charge is 0.127 e. The number of pyridine rings is 1. The molecule has 0 spiro atoms. The van der Waals surface area contributed by atoms with Gasteiger partial charge in [0.05, 0.1) is 12.0 Å². The summed E-state index contributed by atoms with van der Waals surface area (Å²) in [6.45, 7) is 3.89. The molecule has 0 atom stereocenters. The molecular weight excluding hydrogens is 416 g/mol. The van der Waals surface area contributed by atoms with E-state index in [9.17, 15) is 5.11 Å². The molecule has 160 valence electrons. The van der Waals surface area contributed by atoms with Crippen molar-refractivity contribution in [1.29, 1.82) is 0 Å². The van der Waals surface area contributed by atoms with Crippen LogP contribution in [0, 0.1) is 6.92 Å². The maximum Gasteiger partial charge on any atom is 0.127 e. The molecule has 6 heteroatoms. The van der Waals surface area contributed by atoms with Crippen LogP contribution in [0.5, 0.6) is 5.75 Å². The van der Waals surface area contributed by atoms with E-state index in [-0.39, 0.29) is 5.75 Å². The number of aromatic nitrogens is 3. The van der Waals surface area contributed by atoms with E-state index in [1.165, 1.54) is 20.5 Å². The predicted octanol–water partition coefficient (Wildman–Crippen LogP) is 6.34. The van der Waals surface area contributed by atoms with Gasteiger partial charge in [-0.05, 0) is 60.2 Å². The Morgan fingerprint density at radius 2 is 1.94 bits per heavy atom. The highest BCUT2D eigenvalue weighted by Crippen LogP contribution is 2.40. The highest BCUT2D eigenvalue weighted by atomic mass is 32.1. The van der Waals surface area contributed by atoms with Crippen LogP contribution in [-0.2, 0) is 6.54 Å². The van der Waals surface area contributed by atoms with E-state index in [1.807, 2.05) is 24.7 Å². The third kappa shape index (κ3) is 4.22. The molecule has 5 nitrogen and oxygen atoms in total. The molecule has 3 heterocycles. The molecule has 0 aliphatic rings. The summed E-state index contributed by atoms with van der Waals surface area (Å²) in [6.07, 6.45) is 6.57. The lowest BCUT2D eigenvalue weighted by atomic mass is 10.0. The molecule has 0 saturated carbocycles. The second kappa shape index (κ2) is 8.85. The maximum absolute atomic E-state index is 9.98. The minimum atomic E-state index is 0.239. The molecule has 0 fully saturated rings. The third-order valence-electron chi connectivity index (χ3n) is 5.53. The lowest BCUT2D eigenvalue weighted by Crippen LogP contribution is -2.07. The number of aryl methyl sites for hydroxylation is 2. The zero-order chi connectivity index (χ0) is 21.9. The van der Waals surface area contributed by atoms with Crippen molar-refractivity contribution < 1.29 is 5.11 Å². The summed E-state index contributed by atoms with van der Waals surface area (Å²) in [7, 11) is 0. The van der Waals surface area contributed by atoms with Crippen LogP contribution in [0.25, 0.3) is 31.8 Å². The lowest BCUT2D eigenvalue weighted by Gasteiger charge is -2.12. The van der Waals surface area contributed by atoms with Crippen molar-refractivity contribution in [1.82, 2.24) is 14.5 Å². The van der Waals surface area contributed by atoms with Crippen LogP contribution < -0.4 is 5.32 Å². The average molecular weight is 441 g/mol. The van der Waals surface area contributed by atoms with Gasteiger partial charge < -0.3 is 15.0 Å². The molecular formula is C26H24N4OS. The Morgan fingerprint density at radius 1 is 1.03 bits per heavy atom. The van der Waals surface area contributed by atoms with Crippen molar-refractivity contribution in [3.05, 3.63) is 84.9 Å². The van der Waals surface area contributed by atoms with Gasteiger partial charge in [0.1, 0.15) is 11.6 Å². The van der Waals surface area contributed by atoms with Crippen molar-refractivity contribution in [3.8, 4) is 27.4 Å². The van der Waals surface area contributed by atoms with Crippen molar-refractivity contribution in [2.45, 2.75) is 19.9 Å². The number of aromatic hydroxyl groups is 1. The fourth-order valence-electron chi connectivity index (χ4n) is 3.91. The molecule has 2 N–H and O–H groups in total. The fraction of sp³-hybridized carbons (Fsp3) is 0.154. The molecule has 0 aliphatic carbocycles. The molecule has 0 unspecified atom stereocenters. The number of hydrogen-bond donors (Lipinski definition) is 2. The van der Waals surface area contributed by atoms with E-state index in [1.54, 1.807) is 29.7 Å². The normalized spacial score (nSPS) is 11.2. The fourth-order valence-corrected chi connectivity index (χ4v) is 5.11. The van der Waals surface area contributed by atoms with Gasteiger partial charge in [-0.3, -0.25) is 0 Å². The van der Waals surface area contributed by atoms with Gasteiger partial charge >= 0.3 is 0 Å². The first-order valence-corrected chi connectivity index (χ1v) is 11.5. The molecule has 32 heavy (non-hydrogen) atoms. The summed E-state index contributed by atoms with van der Waals surface area (Å²) in [6, 6.07) is 20.0. The van der Waals surface area contributed by atoms with Crippen LogP contribution in [0.2, 0.25) is 0 Å². The van der Waals surface area contributed by atoms with Crippen molar-refractivity contribution >= 4 is 27.2 Å². The van der Waals surface area contributed by atoms with Crippen molar-refractivity contribution in [2.75, 3.05) is 11.9 Å². The van der Waals surface area contributed by atoms with Crippen LogP contribution in [-0.4, -0.2) is 26.2 Å². The summed E-state index contributed by atoms with van der Waals surface area (Å²) in [5.41, 5.74) is 4.15. The molecule has 5 rings (SSSR count). The third-order valence-corrected chi connectivity index (χ3v) is 6.85. The van der Waals surface area contributed by atoms with Gasteiger partial charge in [-0.15, -0.1) is 11.3 Å². The number of benzene rings is 2. The first-order chi connectivity index (χ1) is 15.7. The molecule has 0 amide bonds. The number of thiophene rings is 1. The van der Waals surface area contributed by atoms with Crippen LogP contribution in [0.1, 0.15) is 12.0 Å². The SMILES string of the molecule is Cc1c(-c2cc(NCCCn3ccnc3)nc(-c3cccc(O)c3)c2)sc2ccccc12. The van der Waals surface area contributed by atoms with Crippen LogP contribution in [0.4, 0.5) is 5.82 Å². The minimum Gasteiger partial charge on any atom is -0.508 e. The largest absolute Gasteiger partial charge is 0.508 e. The van der Waals surface area contributed by atoms with Gasteiger partial charge in [-0.1, -0.05) is 30.3 Å². The number of anilines is 1. The van der Waals surface area contributed by atoms with Crippen LogP contribution in [0.15, 0.2) is 79.4 Å². The lowest BCUT2D eigenvalue weighted by molar-refractivity contribution is 0.475. The Kier molecular flexibility index (Phi) is 5.60. The van der Waals surface area contributed by atoms with E-state index in [4.69, 9.17) is 4.98 Å².